The standard InChI is InChI=1S/C25H26FN5O3/c1-3-17-12-21(25(33)30-10-6-4-5-7-15(30)2)27-23-13-20(28-31(17)23)18-9-8-16(11-19(18)26)22-14-24(32)29-34-22/h8-9,11-15H,3-7,10H2,1-2H3,(H,29,32)/t15-/m1/s1. The van der Waals surface area contributed by atoms with Crippen LogP contribution < -0.4 is 5.56 Å². The fourth-order valence-corrected chi connectivity index (χ4v) is 4.56. The van der Waals surface area contributed by atoms with Crippen molar-refractivity contribution in [2.75, 3.05) is 6.54 Å². The van der Waals surface area contributed by atoms with E-state index in [4.69, 9.17) is 4.52 Å². The molecule has 1 aromatic carbocycles. The van der Waals surface area contributed by atoms with E-state index < -0.39 is 11.4 Å². The van der Waals surface area contributed by atoms with Gasteiger partial charge in [0.25, 0.3) is 11.5 Å². The van der Waals surface area contributed by atoms with Crippen molar-refractivity contribution in [2.45, 2.75) is 52.0 Å². The third-order valence-corrected chi connectivity index (χ3v) is 6.45. The molecule has 3 aromatic heterocycles. The molecule has 34 heavy (non-hydrogen) atoms. The largest absolute Gasteiger partial charge is 0.378 e. The van der Waals surface area contributed by atoms with Gasteiger partial charge in [0.2, 0.25) is 0 Å². The predicted octanol–water partition coefficient (Wildman–Crippen LogP) is 4.45. The fraction of sp³-hybridized carbons (Fsp3) is 0.360. The van der Waals surface area contributed by atoms with Crippen LogP contribution in [0.2, 0.25) is 0 Å². The SMILES string of the molecule is CCc1cc(C(=O)N2CCCCC[C@H]2C)nc2cc(-c3ccc(-c4cc(=O)[nH]o4)cc3F)nn12. The van der Waals surface area contributed by atoms with Crippen LogP contribution in [-0.4, -0.2) is 43.1 Å². The van der Waals surface area contributed by atoms with Crippen LogP contribution >= 0.6 is 0 Å². The molecule has 0 spiro atoms. The highest BCUT2D eigenvalue weighted by Crippen LogP contribution is 2.28. The second kappa shape index (κ2) is 8.89. The third-order valence-electron chi connectivity index (χ3n) is 6.45. The van der Waals surface area contributed by atoms with E-state index in [1.54, 1.807) is 28.8 Å². The minimum Gasteiger partial charge on any atom is -0.378 e. The van der Waals surface area contributed by atoms with Crippen LogP contribution in [0.4, 0.5) is 4.39 Å². The van der Waals surface area contributed by atoms with Crippen molar-refractivity contribution in [1.29, 1.82) is 0 Å². The van der Waals surface area contributed by atoms with Gasteiger partial charge in [0, 0.05) is 35.5 Å². The zero-order valence-electron chi connectivity index (χ0n) is 19.2. The molecule has 1 atom stereocenters. The second-order valence-electron chi connectivity index (χ2n) is 8.75. The molecule has 1 amide bonds. The topological polar surface area (TPSA) is 96.5 Å². The molecular formula is C25H26FN5O3. The average molecular weight is 464 g/mol. The summed E-state index contributed by atoms with van der Waals surface area (Å²) in [6, 6.07) is 9.48. The molecule has 1 N–H and O–H groups in total. The van der Waals surface area contributed by atoms with E-state index in [0.717, 1.165) is 37.9 Å². The Kier molecular flexibility index (Phi) is 5.77. The van der Waals surface area contributed by atoms with Crippen molar-refractivity contribution >= 4 is 11.6 Å². The van der Waals surface area contributed by atoms with Crippen molar-refractivity contribution < 1.29 is 13.7 Å². The molecule has 1 fully saturated rings. The molecule has 8 nitrogen and oxygen atoms in total. The number of aromatic amines is 1. The molecule has 0 saturated carbocycles. The Bertz CT molecular complexity index is 1420. The van der Waals surface area contributed by atoms with Crippen LogP contribution in [0.15, 0.2) is 45.7 Å². The zero-order valence-corrected chi connectivity index (χ0v) is 19.2. The van der Waals surface area contributed by atoms with Gasteiger partial charge in [-0.05, 0) is 44.4 Å². The Morgan fingerprint density at radius 2 is 2.06 bits per heavy atom. The Hall–Kier alpha value is -3.75. The second-order valence-corrected chi connectivity index (χ2v) is 8.75. The number of hydrogen-bond donors (Lipinski definition) is 1. The van der Waals surface area contributed by atoms with Crippen molar-refractivity contribution in [1.82, 2.24) is 24.7 Å². The van der Waals surface area contributed by atoms with Crippen LogP contribution in [0.3, 0.4) is 0 Å². The number of H-pyrrole nitrogens is 1. The molecular weight excluding hydrogens is 437 g/mol. The molecule has 176 valence electrons. The number of benzene rings is 1. The molecule has 4 heterocycles. The number of rotatable bonds is 4. The predicted molar refractivity (Wildman–Crippen MR) is 125 cm³/mol. The number of halogens is 1. The van der Waals surface area contributed by atoms with Gasteiger partial charge in [-0.15, -0.1) is 0 Å². The average Bonchev–Trinajstić information content (AvgIpc) is 3.40. The summed E-state index contributed by atoms with van der Waals surface area (Å²) >= 11 is 0. The molecule has 9 heteroatoms. The zero-order chi connectivity index (χ0) is 23.8. The van der Waals surface area contributed by atoms with E-state index in [1.807, 2.05) is 11.8 Å². The van der Waals surface area contributed by atoms with Crippen molar-refractivity contribution in [3.8, 4) is 22.6 Å². The van der Waals surface area contributed by atoms with Crippen LogP contribution in [0.25, 0.3) is 28.2 Å². The van der Waals surface area contributed by atoms with E-state index in [0.29, 0.717) is 34.6 Å². The van der Waals surface area contributed by atoms with Gasteiger partial charge in [0.1, 0.15) is 11.5 Å². The monoisotopic (exact) mass is 463 g/mol. The number of aromatic nitrogens is 4. The summed E-state index contributed by atoms with van der Waals surface area (Å²) < 4.78 is 21.7. The lowest BCUT2D eigenvalue weighted by Crippen LogP contribution is -2.38. The summed E-state index contributed by atoms with van der Waals surface area (Å²) in [5.74, 6) is -0.318. The van der Waals surface area contributed by atoms with Crippen LogP contribution in [0, 0.1) is 5.82 Å². The number of amides is 1. The number of nitrogens with zero attached hydrogens (tertiary/aromatic N) is 4. The normalized spacial score (nSPS) is 16.7. The molecule has 0 aliphatic carbocycles. The molecule has 5 rings (SSSR count). The first kappa shape index (κ1) is 22.1. The Morgan fingerprint density at radius 1 is 1.21 bits per heavy atom. The summed E-state index contributed by atoms with van der Waals surface area (Å²) in [6.45, 7) is 4.81. The molecule has 1 aliphatic rings. The van der Waals surface area contributed by atoms with Crippen molar-refractivity contribution in [2.24, 2.45) is 0 Å². The highest BCUT2D eigenvalue weighted by atomic mass is 19.1. The fourth-order valence-electron chi connectivity index (χ4n) is 4.56. The Balaban J connectivity index is 1.52. The summed E-state index contributed by atoms with van der Waals surface area (Å²) in [7, 11) is 0. The maximum atomic E-state index is 15.0. The number of hydrogen-bond acceptors (Lipinski definition) is 5. The van der Waals surface area contributed by atoms with E-state index in [9.17, 15) is 9.59 Å². The minimum absolute atomic E-state index is 0.0714. The number of likely N-dealkylation sites (tertiary alicyclic amines) is 1. The molecule has 1 saturated heterocycles. The van der Waals surface area contributed by atoms with Gasteiger partial charge in [-0.2, -0.15) is 10.3 Å². The van der Waals surface area contributed by atoms with Crippen LogP contribution in [0.5, 0.6) is 0 Å². The highest BCUT2D eigenvalue weighted by molar-refractivity contribution is 5.93. The highest BCUT2D eigenvalue weighted by Gasteiger charge is 2.25. The van der Waals surface area contributed by atoms with Crippen LogP contribution in [-0.2, 0) is 6.42 Å². The van der Waals surface area contributed by atoms with E-state index in [1.165, 1.54) is 12.1 Å². The number of aryl methyl sites for hydroxylation is 1. The third kappa shape index (κ3) is 4.02. The first-order valence-electron chi connectivity index (χ1n) is 11.6. The molecule has 0 bridgehead atoms. The first-order chi connectivity index (χ1) is 16.4. The molecule has 4 aromatic rings. The summed E-state index contributed by atoms with van der Waals surface area (Å²) in [6.07, 6.45) is 4.89. The summed E-state index contributed by atoms with van der Waals surface area (Å²) in [5, 5.41) is 6.77. The Morgan fingerprint density at radius 3 is 2.79 bits per heavy atom. The number of nitrogens with one attached hydrogen (secondary N) is 1. The number of carbonyl (C=O) groups is 1. The van der Waals surface area contributed by atoms with Crippen LogP contribution in [0.1, 0.15) is 55.7 Å². The lowest BCUT2D eigenvalue weighted by Gasteiger charge is -2.27. The summed E-state index contributed by atoms with van der Waals surface area (Å²) in [4.78, 5) is 31.2. The molecule has 0 unspecified atom stereocenters. The van der Waals surface area contributed by atoms with Gasteiger partial charge in [-0.3, -0.25) is 9.59 Å². The minimum atomic E-state index is -0.502. The lowest BCUT2D eigenvalue weighted by molar-refractivity contribution is 0.0692. The van der Waals surface area contributed by atoms with Crippen molar-refractivity contribution in [3.05, 3.63) is 64.0 Å². The lowest BCUT2D eigenvalue weighted by atomic mass is 10.1. The Labute approximate surface area is 195 Å². The number of carbonyl (C=O) groups excluding carboxylic acids is 1. The maximum Gasteiger partial charge on any atom is 0.280 e. The first-order valence-corrected chi connectivity index (χ1v) is 11.6. The quantitative estimate of drug-likeness (QED) is 0.482. The van der Waals surface area contributed by atoms with Gasteiger partial charge in [-0.1, -0.05) is 25.8 Å². The van der Waals surface area contributed by atoms with E-state index in [-0.39, 0.29) is 17.7 Å². The van der Waals surface area contributed by atoms with Crippen molar-refractivity contribution in [3.63, 3.8) is 0 Å². The van der Waals surface area contributed by atoms with Gasteiger partial charge < -0.3 is 9.42 Å². The van der Waals surface area contributed by atoms with Gasteiger partial charge in [0.15, 0.2) is 11.4 Å². The maximum absolute atomic E-state index is 15.0. The van der Waals surface area contributed by atoms with E-state index >= 15 is 4.39 Å². The molecule has 1 aliphatic heterocycles. The number of fused-ring (bicyclic) bond motifs is 1. The summed E-state index contributed by atoms with van der Waals surface area (Å²) in [5.41, 5.74) is 2.47. The van der Waals surface area contributed by atoms with Gasteiger partial charge in [-0.25, -0.2) is 13.9 Å². The van der Waals surface area contributed by atoms with Gasteiger partial charge in [0.05, 0.1) is 11.8 Å². The van der Waals surface area contributed by atoms with Gasteiger partial charge >= 0.3 is 0 Å². The van der Waals surface area contributed by atoms with E-state index in [2.05, 4.69) is 22.2 Å². The molecule has 0 radical (unpaired) electrons. The smallest absolute Gasteiger partial charge is 0.280 e.